The number of carbonyl (C=O) groups is 1. The molecule has 1 N–H and O–H groups in total. The molecule has 5 heteroatoms. The van der Waals surface area contributed by atoms with Crippen molar-refractivity contribution in [3.8, 4) is 0 Å². The van der Waals surface area contributed by atoms with E-state index in [-0.39, 0.29) is 24.6 Å². The normalized spacial score (nSPS) is 30.3. The van der Waals surface area contributed by atoms with E-state index in [4.69, 9.17) is 9.84 Å². The van der Waals surface area contributed by atoms with E-state index in [1.165, 1.54) is 6.92 Å². The molecule has 68 valence electrons. The van der Waals surface area contributed by atoms with Gasteiger partial charge in [0.05, 0.1) is 12.7 Å². The van der Waals surface area contributed by atoms with Crippen LogP contribution in [0.1, 0.15) is 6.92 Å². The van der Waals surface area contributed by atoms with E-state index in [1.54, 1.807) is 4.90 Å². The zero-order valence-corrected chi connectivity index (χ0v) is 7.49. The Morgan fingerprint density at radius 1 is 1.75 bits per heavy atom. The summed E-state index contributed by atoms with van der Waals surface area (Å²) in [5, 5.41) is 8.85. The molecule has 1 amide bonds. The Balaban J connectivity index is 2.51. The fraction of sp³-hybridized carbons (Fsp3) is 0.857. The second-order valence-corrected chi connectivity index (χ2v) is 3.18. The molecule has 2 atom stereocenters. The van der Waals surface area contributed by atoms with Crippen molar-refractivity contribution >= 4 is 13.8 Å². The van der Waals surface area contributed by atoms with Crippen LogP contribution < -0.4 is 0 Å². The molecule has 1 saturated heterocycles. The van der Waals surface area contributed by atoms with Gasteiger partial charge in [-0.05, 0) is 0 Å². The van der Waals surface area contributed by atoms with Crippen LogP contribution in [0.2, 0.25) is 0 Å². The monoisotopic (exact) mass is 171 g/mol. The molecule has 0 aromatic heterocycles. The number of hydrogen-bond donors (Lipinski definition) is 1. The lowest BCUT2D eigenvalue weighted by Gasteiger charge is -2.35. The minimum absolute atomic E-state index is 0.0197. The molecule has 1 aliphatic heterocycles. The highest BCUT2D eigenvalue weighted by Gasteiger charge is 2.25. The molecule has 0 bridgehead atoms. The van der Waals surface area contributed by atoms with Gasteiger partial charge in [-0.2, -0.15) is 0 Å². The lowest BCUT2D eigenvalue weighted by atomic mass is 9.97. The molecule has 1 aliphatic rings. The third kappa shape index (κ3) is 2.22. The smallest absolute Gasteiger partial charge is 0.219 e. The van der Waals surface area contributed by atoms with Crippen LogP contribution in [0.25, 0.3) is 0 Å². The molecule has 0 aliphatic carbocycles. The van der Waals surface area contributed by atoms with E-state index in [2.05, 4.69) is 0 Å². The second-order valence-electron chi connectivity index (χ2n) is 3.18. The van der Waals surface area contributed by atoms with E-state index in [0.717, 1.165) is 0 Å². The molecule has 1 heterocycles. The first kappa shape index (κ1) is 9.54. The molecule has 1 rings (SSSR count). The number of nitrogens with zero attached hydrogens (tertiary/aromatic N) is 1. The van der Waals surface area contributed by atoms with Gasteiger partial charge in [0.15, 0.2) is 0 Å². The highest BCUT2D eigenvalue weighted by Crippen LogP contribution is 2.08. The largest absolute Gasteiger partial charge is 0.394 e. The van der Waals surface area contributed by atoms with Crippen molar-refractivity contribution in [2.75, 3.05) is 19.7 Å². The van der Waals surface area contributed by atoms with Crippen molar-refractivity contribution in [2.24, 2.45) is 0 Å². The van der Waals surface area contributed by atoms with Crippen LogP contribution in [0.3, 0.4) is 0 Å². The van der Waals surface area contributed by atoms with Crippen molar-refractivity contribution in [3.63, 3.8) is 0 Å². The maximum absolute atomic E-state index is 11.0. The third-order valence-corrected chi connectivity index (χ3v) is 1.98. The van der Waals surface area contributed by atoms with Crippen molar-refractivity contribution < 1.29 is 14.6 Å². The van der Waals surface area contributed by atoms with Crippen molar-refractivity contribution in [3.05, 3.63) is 0 Å². The first-order chi connectivity index (χ1) is 5.63. The first-order valence-corrected chi connectivity index (χ1v) is 4.15. The number of amides is 1. The van der Waals surface area contributed by atoms with E-state index < -0.39 is 0 Å². The highest BCUT2D eigenvalue weighted by molar-refractivity contribution is 6.11. The van der Waals surface area contributed by atoms with Gasteiger partial charge in [0.1, 0.15) is 7.85 Å². The van der Waals surface area contributed by atoms with Crippen LogP contribution in [0, 0.1) is 0 Å². The van der Waals surface area contributed by atoms with E-state index in [1.807, 2.05) is 7.85 Å². The first-order valence-electron chi connectivity index (χ1n) is 4.15. The number of hydrogen-bond acceptors (Lipinski definition) is 3. The Hall–Kier alpha value is -0.545. The average Bonchev–Trinajstić information content (AvgIpc) is 2.03. The van der Waals surface area contributed by atoms with Crippen LogP contribution in [0.5, 0.6) is 0 Å². The molecule has 0 spiro atoms. The maximum atomic E-state index is 11.0. The van der Waals surface area contributed by atoms with Gasteiger partial charge < -0.3 is 14.7 Å². The SMILES string of the molecule is BC1CN(C(C)=O)CC(CO)O1. The summed E-state index contributed by atoms with van der Waals surface area (Å²) in [6, 6.07) is 0.0276. The molecule has 4 nitrogen and oxygen atoms in total. The van der Waals surface area contributed by atoms with Gasteiger partial charge in [0.2, 0.25) is 5.91 Å². The van der Waals surface area contributed by atoms with Gasteiger partial charge in [-0.15, -0.1) is 0 Å². The van der Waals surface area contributed by atoms with Crippen molar-refractivity contribution in [1.82, 2.24) is 4.90 Å². The number of aliphatic hydroxyl groups excluding tert-OH is 1. The minimum Gasteiger partial charge on any atom is -0.394 e. The second kappa shape index (κ2) is 3.91. The molecule has 0 aromatic rings. The summed E-state index contributed by atoms with van der Waals surface area (Å²) in [7, 11) is 1.90. The van der Waals surface area contributed by atoms with Gasteiger partial charge in [0.25, 0.3) is 0 Å². The molecule has 0 saturated carbocycles. The molecule has 0 aromatic carbocycles. The Labute approximate surface area is 72.9 Å². The van der Waals surface area contributed by atoms with Crippen LogP contribution in [-0.2, 0) is 9.53 Å². The standard InChI is InChI=1S/C7H14BNO3/c1-5(11)9-2-6(4-10)12-7(8)3-9/h6-7,10H,2-4,8H2,1H3. The summed E-state index contributed by atoms with van der Waals surface area (Å²) in [5.74, 6) is 0.0450. The van der Waals surface area contributed by atoms with Gasteiger partial charge in [-0.3, -0.25) is 4.79 Å². The number of morpholine rings is 1. The molecular formula is C7H14BNO3. The molecular weight excluding hydrogens is 157 g/mol. The Bertz CT molecular complexity index is 176. The number of rotatable bonds is 1. The third-order valence-electron chi connectivity index (χ3n) is 1.98. The molecule has 12 heavy (non-hydrogen) atoms. The van der Waals surface area contributed by atoms with Gasteiger partial charge in [-0.1, -0.05) is 0 Å². The fourth-order valence-corrected chi connectivity index (χ4v) is 1.40. The van der Waals surface area contributed by atoms with Crippen LogP contribution in [0.15, 0.2) is 0 Å². The summed E-state index contributed by atoms with van der Waals surface area (Å²) < 4.78 is 5.37. The predicted molar refractivity (Wildman–Crippen MR) is 46.5 cm³/mol. The summed E-state index contributed by atoms with van der Waals surface area (Å²) in [5.41, 5.74) is 0. The van der Waals surface area contributed by atoms with Crippen LogP contribution >= 0.6 is 0 Å². The Morgan fingerprint density at radius 3 is 2.92 bits per heavy atom. The quantitative estimate of drug-likeness (QED) is 0.473. The fourth-order valence-electron chi connectivity index (χ4n) is 1.40. The van der Waals surface area contributed by atoms with Crippen molar-refractivity contribution in [1.29, 1.82) is 0 Å². The number of aliphatic hydroxyl groups is 1. The van der Waals surface area contributed by atoms with Crippen LogP contribution in [-0.4, -0.2) is 55.6 Å². The van der Waals surface area contributed by atoms with E-state index in [0.29, 0.717) is 13.1 Å². The zero-order chi connectivity index (χ0) is 9.14. The van der Waals surface area contributed by atoms with Crippen LogP contribution in [0.4, 0.5) is 0 Å². The molecule has 2 unspecified atom stereocenters. The Kier molecular flexibility index (Phi) is 3.11. The number of ether oxygens (including phenoxy) is 1. The van der Waals surface area contributed by atoms with Gasteiger partial charge in [0, 0.05) is 26.0 Å². The number of carbonyl (C=O) groups excluding carboxylic acids is 1. The topological polar surface area (TPSA) is 49.8 Å². The van der Waals surface area contributed by atoms with Gasteiger partial charge >= 0.3 is 0 Å². The Morgan fingerprint density at radius 2 is 2.42 bits per heavy atom. The van der Waals surface area contributed by atoms with E-state index in [9.17, 15) is 4.79 Å². The van der Waals surface area contributed by atoms with Crippen molar-refractivity contribution in [2.45, 2.75) is 19.0 Å². The lowest BCUT2D eigenvalue weighted by Crippen LogP contribution is -2.50. The summed E-state index contributed by atoms with van der Waals surface area (Å²) >= 11 is 0. The summed E-state index contributed by atoms with van der Waals surface area (Å²) in [4.78, 5) is 12.7. The highest BCUT2D eigenvalue weighted by atomic mass is 16.5. The molecule has 1 fully saturated rings. The average molecular weight is 171 g/mol. The maximum Gasteiger partial charge on any atom is 0.219 e. The lowest BCUT2D eigenvalue weighted by molar-refractivity contribution is -0.140. The minimum atomic E-state index is -0.211. The summed E-state index contributed by atoms with van der Waals surface area (Å²) in [6.45, 7) is 2.66. The molecule has 0 radical (unpaired) electrons. The van der Waals surface area contributed by atoms with Gasteiger partial charge in [-0.25, -0.2) is 0 Å². The van der Waals surface area contributed by atoms with E-state index >= 15 is 0 Å². The predicted octanol–water partition coefficient (Wildman–Crippen LogP) is -1.81. The summed E-state index contributed by atoms with van der Waals surface area (Å²) in [6.07, 6.45) is -0.211. The zero-order valence-electron chi connectivity index (χ0n) is 7.49.